The van der Waals surface area contributed by atoms with E-state index in [0.29, 0.717) is 23.3 Å². The quantitative estimate of drug-likeness (QED) is 0.519. The molecule has 1 aromatic carbocycles. The summed E-state index contributed by atoms with van der Waals surface area (Å²) in [4.78, 5) is 12.2. The van der Waals surface area contributed by atoms with Crippen molar-refractivity contribution in [2.45, 2.75) is 30.8 Å². The van der Waals surface area contributed by atoms with Crippen molar-refractivity contribution in [3.63, 3.8) is 0 Å². The first-order valence-electron chi connectivity index (χ1n) is 7.79. The molecule has 130 valence electrons. The van der Waals surface area contributed by atoms with E-state index in [1.54, 1.807) is 19.3 Å². The monoisotopic (exact) mass is 357 g/mol. The predicted molar refractivity (Wildman–Crippen MR) is 96.2 cm³/mol. The molecule has 7 nitrogen and oxygen atoms in total. The molecule has 0 saturated carbocycles. The first-order valence-corrected chi connectivity index (χ1v) is 8.67. The lowest BCUT2D eigenvalue weighted by Gasteiger charge is -2.10. The smallest absolute Gasteiger partial charge is 0.233 e. The Kier molecular flexibility index (Phi) is 5.08. The molecule has 3 rings (SSSR count). The molecular weight excluding hydrogens is 338 g/mol. The number of aromatic nitrogens is 3. The number of thioether (sulfide) groups is 1. The van der Waals surface area contributed by atoms with Crippen LogP contribution in [-0.4, -0.2) is 26.0 Å². The zero-order valence-electron chi connectivity index (χ0n) is 14.0. The number of rotatable bonds is 6. The van der Waals surface area contributed by atoms with E-state index in [2.05, 4.69) is 15.5 Å². The van der Waals surface area contributed by atoms with Gasteiger partial charge in [-0.15, -0.1) is 10.2 Å². The van der Waals surface area contributed by atoms with Crippen LogP contribution < -0.4 is 11.2 Å². The van der Waals surface area contributed by atoms with Crippen LogP contribution in [0.25, 0.3) is 11.4 Å². The van der Waals surface area contributed by atoms with Crippen molar-refractivity contribution in [3.05, 3.63) is 54.0 Å². The van der Waals surface area contributed by atoms with Crippen LogP contribution in [0.1, 0.15) is 18.2 Å². The van der Waals surface area contributed by atoms with Gasteiger partial charge >= 0.3 is 0 Å². The van der Waals surface area contributed by atoms with E-state index in [1.165, 1.54) is 16.4 Å². The molecule has 0 aliphatic heterocycles. The van der Waals surface area contributed by atoms with E-state index in [4.69, 9.17) is 10.3 Å². The molecule has 2 aromatic heterocycles. The second kappa shape index (κ2) is 7.43. The highest BCUT2D eigenvalue weighted by molar-refractivity contribution is 8.00. The number of nitrogens with two attached hydrogens (primary N) is 1. The fourth-order valence-electron chi connectivity index (χ4n) is 2.20. The zero-order chi connectivity index (χ0) is 17.8. The third kappa shape index (κ3) is 4.03. The van der Waals surface area contributed by atoms with Crippen LogP contribution in [0.4, 0.5) is 0 Å². The maximum atomic E-state index is 12.2. The predicted octanol–water partition coefficient (Wildman–Crippen LogP) is 2.36. The molecule has 0 bridgehead atoms. The second-order valence-electron chi connectivity index (χ2n) is 5.60. The van der Waals surface area contributed by atoms with E-state index in [9.17, 15) is 4.79 Å². The Bertz CT molecular complexity index is 843. The van der Waals surface area contributed by atoms with Crippen LogP contribution in [0.2, 0.25) is 0 Å². The van der Waals surface area contributed by atoms with Crippen molar-refractivity contribution in [1.29, 1.82) is 0 Å². The highest BCUT2D eigenvalue weighted by Crippen LogP contribution is 2.25. The standard InChI is InChI=1S/C17H19N5O2S/c1-11-5-7-13(8-6-11)15-20-21-17(22(15)18)25-12(2)16(23)19-10-14-4-3-9-24-14/h3-9,12H,10,18H2,1-2H3,(H,19,23)/t12-/m1/s1. The van der Waals surface area contributed by atoms with Gasteiger partial charge in [0.2, 0.25) is 11.1 Å². The molecular formula is C17H19N5O2S. The number of benzene rings is 1. The third-order valence-corrected chi connectivity index (χ3v) is 4.70. The number of carbonyl (C=O) groups is 1. The molecule has 0 radical (unpaired) electrons. The second-order valence-corrected chi connectivity index (χ2v) is 6.91. The van der Waals surface area contributed by atoms with Crippen LogP contribution in [0.3, 0.4) is 0 Å². The van der Waals surface area contributed by atoms with Crippen molar-refractivity contribution in [1.82, 2.24) is 20.2 Å². The van der Waals surface area contributed by atoms with Crippen LogP contribution >= 0.6 is 11.8 Å². The summed E-state index contributed by atoms with van der Waals surface area (Å²) in [6.07, 6.45) is 1.57. The lowest BCUT2D eigenvalue weighted by molar-refractivity contribution is -0.120. The molecule has 8 heteroatoms. The van der Waals surface area contributed by atoms with Gasteiger partial charge in [0.25, 0.3) is 0 Å². The summed E-state index contributed by atoms with van der Waals surface area (Å²) in [5.41, 5.74) is 2.03. The minimum atomic E-state index is -0.368. The van der Waals surface area contributed by atoms with Gasteiger partial charge in [0.05, 0.1) is 18.1 Å². The van der Waals surface area contributed by atoms with Crippen LogP contribution in [-0.2, 0) is 11.3 Å². The summed E-state index contributed by atoms with van der Waals surface area (Å²) in [7, 11) is 0. The van der Waals surface area contributed by atoms with E-state index in [1.807, 2.05) is 37.3 Å². The van der Waals surface area contributed by atoms with E-state index < -0.39 is 0 Å². The van der Waals surface area contributed by atoms with Gasteiger partial charge in [-0.25, -0.2) is 4.68 Å². The van der Waals surface area contributed by atoms with Gasteiger partial charge in [-0.05, 0) is 26.0 Å². The summed E-state index contributed by atoms with van der Waals surface area (Å²) >= 11 is 1.26. The van der Waals surface area contributed by atoms with Crippen LogP contribution in [0, 0.1) is 6.92 Å². The number of nitrogens with zero attached hydrogens (tertiary/aromatic N) is 3. The topological polar surface area (TPSA) is 99.0 Å². The number of carbonyl (C=O) groups excluding carboxylic acids is 1. The summed E-state index contributed by atoms with van der Waals surface area (Å²) in [5, 5.41) is 11.2. The molecule has 0 aliphatic rings. The van der Waals surface area contributed by atoms with Crippen LogP contribution in [0.15, 0.2) is 52.2 Å². The maximum absolute atomic E-state index is 12.2. The molecule has 0 aliphatic carbocycles. The lowest BCUT2D eigenvalue weighted by Crippen LogP contribution is -2.30. The minimum absolute atomic E-state index is 0.124. The highest BCUT2D eigenvalue weighted by atomic mass is 32.2. The first-order chi connectivity index (χ1) is 12.0. The summed E-state index contributed by atoms with van der Waals surface area (Å²) in [5.74, 6) is 7.24. The Morgan fingerprint density at radius 3 is 2.76 bits per heavy atom. The normalized spacial score (nSPS) is 12.1. The Morgan fingerprint density at radius 1 is 1.32 bits per heavy atom. The number of nitrogen functional groups attached to an aromatic ring is 1. The molecule has 0 spiro atoms. The number of amides is 1. The number of aryl methyl sites for hydroxylation is 1. The van der Waals surface area contributed by atoms with Gasteiger partial charge in [0.1, 0.15) is 5.76 Å². The molecule has 1 amide bonds. The minimum Gasteiger partial charge on any atom is -0.467 e. The molecule has 1 atom stereocenters. The number of nitrogens with one attached hydrogen (secondary N) is 1. The molecule has 0 unspecified atom stereocenters. The third-order valence-electron chi connectivity index (χ3n) is 3.64. The largest absolute Gasteiger partial charge is 0.467 e. The summed E-state index contributed by atoms with van der Waals surface area (Å²) in [6, 6.07) is 11.4. The van der Waals surface area contributed by atoms with Crippen LogP contribution in [0.5, 0.6) is 0 Å². The number of furan rings is 1. The van der Waals surface area contributed by atoms with Gasteiger partial charge in [-0.3, -0.25) is 4.79 Å². The molecule has 2 heterocycles. The fourth-order valence-corrected chi connectivity index (χ4v) is 2.99. The van der Waals surface area contributed by atoms with Crippen molar-refractivity contribution in [3.8, 4) is 11.4 Å². The summed E-state index contributed by atoms with van der Waals surface area (Å²) < 4.78 is 6.60. The molecule has 25 heavy (non-hydrogen) atoms. The van der Waals surface area contributed by atoms with E-state index >= 15 is 0 Å². The SMILES string of the molecule is Cc1ccc(-c2nnc(S[C@H](C)C(=O)NCc3ccco3)n2N)cc1. The zero-order valence-corrected chi connectivity index (χ0v) is 14.8. The maximum Gasteiger partial charge on any atom is 0.233 e. The van der Waals surface area contributed by atoms with Crippen molar-refractivity contribution in [2.75, 3.05) is 5.84 Å². The number of hydrogen-bond acceptors (Lipinski definition) is 6. The number of hydrogen-bond donors (Lipinski definition) is 2. The van der Waals surface area contributed by atoms with E-state index in [-0.39, 0.29) is 11.2 Å². The van der Waals surface area contributed by atoms with E-state index in [0.717, 1.165) is 11.1 Å². The fraction of sp³-hybridized carbons (Fsp3) is 0.235. The Hall–Kier alpha value is -2.74. The molecule has 0 saturated heterocycles. The van der Waals surface area contributed by atoms with Gasteiger partial charge in [-0.1, -0.05) is 41.6 Å². The Morgan fingerprint density at radius 2 is 2.08 bits per heavy atom. The van der Waals surface area contributed by atoms with Gasteiger partial charge in [-0.2, -0.15) is 0 Å². The highest BCUT2D eigenvalue weighted by Gasteiger charge is 2.20. The van der Waals surface area contributed by atoms with Gasteiger partial charge in [0.15, 0.2) is 5.82 Å². The average molecular weight is 357 g/mol. The Labute approximate surface area is 149 Å². The lowest BCUT2D eigenvalue weighted by atomic mass is 10.1. The summed E-state index contributed by atoms with van der Waals surface area (Å²) in [6.45, 7) is 4.16. The van der Waals surface area contributed by atoms with Crippen molar-refractivity contribution in [2.24, 2.45) is 0 Å². The molecule has 3 N–H and O–H groups in total. The molecule has 0 fully saturated rings. The average Bonchev–Trinajstić information content (AvgIpc) is 3.24. The Balaban J connectivity index is 1.64. The molecule has 3 aromatic rings. The first kappa shape index (κ1) is 17.1. The van der Waals surface area contributed by atoms with Gasteiger partial charge in [0, 0.05) is 5.56 Å². The van der Waals surface area contributed by atoms with Gasteiger partial charge < -0.3 is 15.6 Å². The van der Waals surface area contributed by atoms with Crippen molar-refractivity contribution < 1.29 is 9.21 Å². The van der Waals surface area contributed by atoms with Crippen molar-refractivity contribution >= 4 is 17.7 Å².